The molecule has 0 spiro atoms. The summed E-state index contributed by atoms with van der Waals surface area (Å²) in [5.41, 5.74) is 2.61. The highest BCUT2D eigenvalue weighted by Gasteiger charge is 2.10. The molecule has 3 rings (SSSR count). The van der Waals surface area contributed by atoms with E-state index >= 15 is 0 Å². The van der Waals surface area contributed by atoms with Gasteiger partial charge in [0.2, 0.25) is 0 Å². The van der Waals surface area contributed by atoms with Crippen molar-refractivity contribution >= 4 is 17.2 Å². The Balaban J connectivity index is 1.60. The fourth-order valence-electron chi connectivity index (χ4n) is 2.55. The van der Waals surface area contributed by atoms with Gasteiger partial charge in [-0.25, -0.2) is 9.97 Å². The van der Waals surface area contributed by atoms with Crippen molar-refractivity contribution in [1.29, 1.82) is 0 Å². The van der Waals surface area contributed by atoms with Crippen molar-refractivity contribution < 1.29 is 4.79 Å². The minimum atomic E-state index is -0.0737. The van der Waals surface area contributed by atoms with Crippen LogP contribution in [0.4, 0.5) is 0 Å². The Morgan fingerprint density at radius 1 is 1.36 bits per heavy atom. The molecule has 0 aliphatic rings. The molecule has 0 aliphatic heterocycles. The van der Waals surface area contributed by atoms with Crippen molar-refractivity contribution in [3.05, 3.63) is 58.3 Å². The lowest BCUT2D eigenvalue weighted by atomic mass is 10.1. The Hall–Kier alpha value is -2.47. The van der Waals surface area contributed by atoms with Crippen molar-refractivity contribution in [3.63, 3.8) is 0 Å². The molecule has 0 saturated heterocycles. The van der Waals surface area contributed by atoms with Crippen LogP contribution in [0.5, 0.6) is 0 Å². The van der Waals surface area contributed by atoms with Crippen LogP contribution in [0.1, 0.15) is 40.8 Å². The number of nitrogens with zero attached hydrogens (tertiary/aromatic N) is 3. The minimum Gasteiger partial charge on any atom is -0.352 e. The molecule has 0 fully saturated rings. The smallest absolute Gasteiger partial charge is 0.251 e. The first-order chi connectivity index (χ1) is 12.0. The molecule has 0 radical (unpaired) electrons. The number of amides is 1. The van der Waals surface area contributed by atoms with Crippen molar-refractivity contribution in [1.82, 2.24) is 19.9 Å². The van der Waals surface area contributed by atoms with Gasteiger partial charge in [-0.1, -0.05) is 26.0 Å². The van der Waals surface area contributed by atoms with E-state index in [9.17, 15) is 4.79 Å². The quantitative estimate of drug-likeness (QED) is 0.735. The maximum atomic E-state index is 12.4. The fourth-order valence-corrected chi connectivity index (χ4v) is 3.42. The largest absolute Gasteiger partial charge is 0.352 e. The number of aryl methyl sites for hydroxylation is 1. The number of thiazole rings is 1. The van der Waals surface area contributed by atoms with Crippen molar-refractivity contribution in [2.75, 3.05) is 6.54 Å². The van der Waals surface area contributed by atoms with Gasteiger partial charge in [0, 0.05) is 54.8 Å². The number of imidazole rings is 1. The van der Waals surface area contributed by atoms with Gasteiger partial charge < -0.3 is 9.88 Å². The molecule has 0 atom stereocenters. The highest BCUT2D eigenvalue weighted by molar-refractivity contribution is 7.09. The number of benzene rings is 1. The number of hydrogen-bond donors (Lipinski definition) is 1. The summed E-state index contributed by atoms with van der Waals surface area (Å²) in [6, 6.07) is 7.54. The minimum absolute atomic E-state index is 0.0737. The average molecular weight is 354 g/mol. The Kier molecular flexibility index (Phi) is 5.28. The molecule has 1 amide bonds. The lowest BCUT2D eigenvalue weighted by molar-refractivity contribution is 0.0954. The monoisotopic (exact) mass is 354 g/mol. The maximum absolute atomic E-state index is 12.4. The summed E-state index contributed by atoms with van der Waals surface area (Å²) in [5, 5.41) is 6.19. The topological polar surface area (TPSA) is 59.8 Å². The van der Waals surface area contributed by atoms with Crippen molar-refractivity contribution in [3.8, 4) is 11.4 Å². The van der Waals surface area contributed by atoms with Gasteiger partial charge in [-0.2, -0.15) is 0 Å². The summed E-state index contributed by atoms with van der Waals surface area (Å²) in [5.74, 6) is 1.22. The number of nitrogens with one attached hydrogen (secondary N) is 1. The maximum Gasteiger partial charge on any atom is 0.251 e. The van der Waals surface area contributed by atoms with Gasteiger partial charge in [0.1, 0.15) is 5.82 Å². The van der Waals surface area contributed by atoms with Crippen LogP contribution in [0.2, 0.25) is 0 Å². The van der Waals surface area contributed by atoms with Crippen LogP contribution >= 0.6 is 11.3 Å². The first-order valence-corrected chi connectivity index (χ1v) is 9.23. The molecule has 1 aromatic carbocycles. The van der Waals surface area contributed by atoms with Gasteiger partial charge in [-0.05, 0) is 12.1 Å². The normalized spacial score (nSPS) is 11.0. The van der Waals surface area contributed by atoms with E-state index in [0.29, 0.717) is 18.0 Å². The SMILES string of the molecule is CC(C)c1nc(CCNC(=O)c2cccc(-c3nccn3C)c2)cs1. The lowest BCUT2D eigenvalue weighted by Crippen LogP contribution is -2.25. The zero-order chi connectivity index (χ0) is 17.8. The van der Waals surface area contributed by atoms with Crippen LogP contribution in [-0.2, 0) is 13.5 Å². The molecule has 0 unspecified atom stereocenters. The molecule has 130 valence electrons. The summed E-state index contributed by atoms with van der Waals surface area (Å²) < 4.78 is 1.94. The van der Waals surface area contributed by atoms with Crippen molar-refractivity contribution in [2.45, 2.75) is 26.2 Å². The molecule has 25 heavy (non-hydrogen) atoms. The van der Waals surface area contributed by atoms with E-state index in [4.69, 9.17) is 0 Å². The van der Waals surface area contributed by atoms with E-state index in [1.54, 1.807) is 17.5 Å². The molecular weight excluding hydrogens is 332 g/mol. The van der Waals surface area contributed by atoms with E-state index in [1.807, 2.05) is 42.1 Å². The zero-order valence-electron chi connectivity index (χ0n) is 14.7. The van der Waals surface area contributed by atoms with Gasteiger partial charge in [0.25, 0.3) is 5.91 Å². The van der Waals surface area contributed by atoms with E-state index < -0.39 is 0 Å². The molecule has 0 aliphatic carbocycles. The Morgan fingerprint density at radius 3 is 2.88 bits per heavy atom. The van der Waals surface area contributed by atoms with Gasteiger partial charge in [0.05, 0.1) is 10.7 Å². The van der Waals surface area contributed by atoms with Crippen LogP contribution in [-0.4, -0.2) is 27.0 Å². The predicted octanol–water partition coefficient (Wildman–Crippen LogP) is 3.64. The van der Waals surface area contributed by atoms with Gasteiger partial charge >= 0.3 is 0 Å². The summed E-state index contributed by atoms with van der Waals surface area (Å²) in [7, 11) is 1.94. The Morgan fingerprint density at radius 2 is 2.20 bits per heavy atom. The van der Waals surface area contributed by atoms with Crippen LogP contribution in [0.25, 0.3) is 11.4 Å². The van der Waals surface area contributed by atoms with E-state index in [-0.39, 0.29) is 5.91 Å². The molecule has 0 bridgehead atoms. The molecule has 5 nitrogen and oxygen atoms in total. The van der Waals surface area contributed by atoms with Crippen molar-refractivity contribution in [2.24, 2.45) is 7.05 Å². The standard InChI is InChI=1S/C19H22N4OS/c1-13(2)19-22-16(12-25-19)7-8-21-18(24)15-6-4-5-14(11-15)17-20-9-10-23(17)3/h4-6,9-13H,7-8H2,1-3H3,(H,21,24). The second kappa shape index (κ2) is 7.61. The number of carbonyl (C=O) groups excluding carboxylic acids is 1. The van der Waals surface area contributed by atoms with Crippen LogP contribution in [0.15, 0.2) is 42.0 Å². The molecule has 2 aromatic heterocycles. The molecular formula is C19H22N4OS. The lowest BCUT2D eigenvalue weighted by Gasteiger charge is -2.07. The molecule has 0 saturated carbocycles. The van der Waals surface area contributed by atoms with E-state index in [2.05, 4.69) is 34.5 Å². The Bertz CT molecular complexity index is 866. The third kappa shape index (κ3) is 4.14. The van der Waals surface area contributed by atoms with E-state index in [1.165, 1.54) is 0 Å². The second-order valence-corrected chi connectivity index (χ2v) is 7.17. The van der Waals surface area contributed by atoms with Crippen LogP contribution in [0.3, 0.4) is 0 Å². The summed E-state index contributed by atoms with van der Waals surface area (Å²) in [6.45, 7) is 4.85. The Labute approximate surface area is 151 Å². The fraction of sp³-hybridized carbons (Fsp3) is 0.316. The average Bonchev–Trinajstić information content (AvgIpc) is 3.24. The first kappa shape index (κ1) is 17.4. The molecule has 3 aromatic rings. The third-order valence-electron chi connectivity index (χ3n) is 3.93. The number of aromatic nitrogens is 3. The highest BCUT2D eigenvalue weighted by atomic mass is 32.1. The van der Waals surface area contributed by atoms with Crippen LogP contribution < -0.4 is 5.32 Å². The highest BCUT2D eigenvalue weighted by Crippen LogP contribution is 2.20. The molecule has 2 heterocycles. The summed E-state index contributed by atoms with van der Waals surface area (Å²) >= 11 is 1.68. The van der Waals surface area contributed by atoms with Gasteiger partial charge in [-0.3, -0.25) is 4.79 Å². The summed E-state index contributed by atoms with van der Waals surface area (Å²) in [4.78, 5) is 21.3. The van der Waals surface area contributed by atoms with E-state index in [0.717, 1.165) is 28.5 Å². The summed E-state index contributed by atoms with van der Waals surface area (Å²) in [6.07, 6.45) is 4.39. The third-order valence-corrected chi connectivity index (χ3v) is 5.13. The number of carbonyl (C=O) groups is 1. The zero-order valence-corrected chi connectivity index (χ0v) is 15.5. The van der Waals surface area contributed by atoms with Gasteiger partial charge in [-0.15, -0.1) is 11.3 Å². The number of hydrogen-bond acceptors (Lipinski definition) is 4. The molecule has 6 heteroatoms. The predicted molar refractivity (Wildman–Crippen MR) is 101 cm³/mol. The molecule has 1 N–H and O–H groups in total. The number of rotatable bonds is 6. The van der Waals surface area contributed by atoms with Crippen LogP contribution in [0, 0.1) is 0 Å². The first-order valence-electron chi connectivity index (χ1n) is 8.35. The van der Waals surface area contributed by atoms with Gasteiger partial charge in [0.15, 0.2) is 0 Å². The second-order valence-electron chi connectivity index (χ2n) is 6.28.